The molecule has 2 aromatic heterocycles. The van der Waals surface area contributed by atoms with E-state index in [0.29, 0.717) is 11.3 Å². The molecule has 130 valence electrons. The number of sulfone groups is 1. The predicted octanol–water partition coefficient (Wildman–Crippen LogP) is 2.27. The van der Waals surface area contributed by atoms with Crippen LogP contribution in [0.4, 0.5) is 6.01 Å². The highest BCUT2D eigenvalue weighted by Gasteiger charge is 2.17. The van der Waals surface area contributed by atoms with Crippen molar-refractivity contribution in [3.8, 4) is 11.7 Å². The van der Waals surface area contributed by atoms with Crippen molar-refractivity contribution in [2.24, 2.45) is 0 Å². The molecule has 0 aliphatic carbocycles. The van der Waals surface area contributed by atoms with Gasteiger partial charge in [-0.2, -0.15) is 0 Å². The number of aromatic nitrogens is 2. The maximum Gasteiger partial charge on any atom is 0.322 e. The number of nitrogens with one attached hydrogen (secondary N) is 1. The monoisotopic (exact) mass is 361 g/mol. The van der Waals surface area contributed by atoms with Crippen molar-refractivity contribution in [1.29, 1.82) is 0 Å². The molecule has 2 heterocycles. The molecule has 0 bridgehead atoms. The Morgan fingerprint density at radius 1 is 1.08 bits per heavy atom. The minimum Gasteiger partial charge on any atom is -0.459 e. The third kappa shape index (κ3) is 4.77. The first-order chi connectivity index (χ1) is 12.0. The molecule has 9 heteroatoms. The SMILES string of the molecule is O=C(CCS(=O)(=O)Cc1ccccc1)Nc1nnc(-c2ccco2)o1. The van der Waals surface area contributed by atoms with Gasteiger partial charge in [0.2, 0.25) is 5.91 Å². The highest BCUT2D eigenvalue weighted by Crippen LogP contribution is 2.19. The number of benzene rings is 1. The van der Waals surface area contributed by atoms with Crippen molar-refractivity contribution in [3.63, 3.8) is 0 Å². The molecule has 0 unspecified atom stereocenters. The van der Waals surface area contributed by atoms with Gasteiger partial charge in [0.05, 0.1) is 17.8 Å². The lowest BCUT2D eigenvalue weighted by molar-refractivity contribution is -0.115. The molecular formula is C16H15N3O5S. The Labute approximate surface area is 143 Å². The molecule has 8 nitrogen and oxygen atoms in total. The Kier molecular flexibility index (Phi) is 4.94. The van der Waals surface area contributed by atoms with Gasteiger partial charge in [-0.15, -0.1) is 5.10 Å². The first kappa shape index (κ1) is 16.9. The standard InChI is InChI=1S/C16H15N3O5S/c20-14(8-10-25(21,22)11-12-5-2-1-3-6-12)17-16-19-18-15(24-16)13-7-4-9-23-13/h1-7,9H,8,10-11H2,(H,17,19,20). The molecule has 0 saturated heterocycles. The number of amides is 1. The molecular weight excluding hydrogens is 346 g/mol. The van der Waals surface area contributed by atoms with Crippen molar-refractivity contribution < 1.29 is 22.0 Å². The fourth-order valence-electron chi connectivity index (χ4n) is 2.10. The van der Waals surface area contributed by atoms with Crippen LogP contribution in [0.15, 0.2) is 57.6 Å². The molecule has 1 amide bonds. The average Bonchev–Trinajstić information content (AvgIpc) is 3.25. The van der Waals surface area contributed by atoms with E-state index in [1.54, 1.807) is 36.4 Å². The van der Waals surface area contributed by atoms with E-state index in [1.807, 2.05) is 6.07 Å². The molecule has 0 aliphatic heterocycles. The first-order valence-corrected chi connectivity index (χ1v) is 9.25. The van der Waals surface area contributed by atoms with Crippen LogP contribution in [0, 0.1) is 0 Å². The van der Waals surface area contributed by atoms with Gasteiger partial charge in [-0.25, -0.2) is 8.42 Å². The van der Waals surface area contributed by atoms with Crippen LogP contribution < -0.4 is 5.32 Å². The van der Waals surface area contributed by atoms with E-state index in [0.717, 1.165) is 0 Å². The van der Waals surface area contributed by atoms with Crippen LogP contribution in [-0.2, 0) is 20.4 Å². The summed E-state index contributed by atoms with van der Waals surface area (Å²) in [5.74, 6) is -0.404. The zero-order chi connectivity index (χ0) is 17.7. The molecule has 0 aliphatic rings. The molecule has 25 heavy (non-hydrogen) atoms. The Morgan fingerprint density at radius 3 is 2.60 bits per heavy atom. The van der Waals surface area contributed by atoms with Gasteiger partial charge < -0.3 is 8.83 Å². The molecule has 0 radical (unpaired) electrons. The maximum atomic E-state index is 12.1. The minimum atomic E-state index is -3.39. The summed E-state index contributed by atoms with van der Waals surface area (Å²) in [5, 5.41) is 9.77. The highest BCUT2D eigenvalue weighted by atomic mass is 32.2. The number of carbonyl (C=O) groups excluding carboxylic acids is 1. The molecule has 1 N–H and O–H groups in total. The smallest absolute Gasteiger partial charge is 0.322 e. The summed E-state index contributed by atoms with van der Waals surface area (Å²) in [5.41, 5.74) is 0.683. The molecule has 0 atom stereocenters. The van der Waals surface area contributed by atoms with E-state index < -0.39 is 15.7 Å². The largest absolute Gasteiger partial charge is 0.459 e. The lowest BCUT2D eigenvalue weighted by atomic mass is 10.2. The Balaban J connectivity index is 1.52. The third-order valence-corrected chi connectivity index (χ3v) is 4.87. The van der Waals surface area contributed by atoms with E-state index in [4.69, 9.17) is 8.83 Å². The van der Waals surface area contributed by atoms with Crippen LogP contribution in [0.25, 0.3) is 11.7 Å². The van der Waals surface area contributed by atoms with Gasteiger partial charge in [-0.3, -0.25) is 10.1 Å². The van der Waals surface area contributed by atoms with Crippen LogP contribution in [0.3, 0.4) is 0 Å². The van der Waals surface area contributed by atoms with E-state index >= 15 is 0 Å². The second-order valence-electron chi connectivity index (χ2n) is 5.27. The van der Waals surface area contributed by atoms with Gasteiger partial charge in [0.15, 0.2) is 15.6 Å². The Morgan fingerprint density at radius 2 is 1.88 bits per heavy atom. The number of hydrogen-bond donors (Lipinski definition) is 1. The summed E-state index contributed by atoms with van der Waals surface area (Å²) in [7, 11) is -3.39. The first-order valence-electron chi connectivity index (χ1n) is 7.43. The molecule has 0 spiro atoms. The van der Waals surface area contributed by atoms with Crippen molar-refractivity contribution in [3.05, 3.63) is 54.3 Å². The van der Waals surface area contributed by atoms with E-state index in [9.17, 15) is 13.2 Å². The van der Waals surface area contributed by atoms with Crippen LogP contribution in [-0.4, -0.2) is 30.3 Å². The molecule has 0 saturated carbocycles. The Hall–Kier alpha value is -2.94. The second-order valence-corrected chi connectivity index (χ2v) is 7.45. The number of furan rings is 1. The normalized spacial score (nSPS) is 11.4. The number of anilines is 1. The zero-order valence-corrected chi connectivity index (χ0v) is 13.9. The molecule has 3 aromatic rings. The van der Waals surface area contributed by atoms with Gasteiger partial charge in [-0.1, -0.05) is 35.4 Å². The zero-order valence-electron chi connectivity index (χ0n) is 13.1. The topological polar surface area (TPSA) is 115 Å². The van der Waals surface area contributed by atoms with Gasteiger partial charge in [0.1, 0.15) is 0 Å². The summed E-state index contributed by atoms with van der Waals surface area (Å²) < 4.78 is 34.5. The van der Waals surface area contributed by atoms with E-state index in [2.05, 4.69) is 15.5 Å². The Bertz CT molecular complexity index is 933. The summed E-state index contributed by atoms with van der Waals surface area (Å²) >= 11 is 0. The number of carbonyl (C=O) groups is 1. The number of hydrogen-bond acceptors (Lipinski definition) is 7. The van der Waals surface area contributed by atoms with Gasteiger partial charge in [0.25, 0.3) is 5.89 Å². The average molecular weight is 361 g/mol. The molecule has 0 fully saturated rings. The minimum absolute atomic E-state index is 0.107. The van der Waals surface area contributed by atoms with Crippen LogP contribution in [0.5, 0.6) is 0 Å². The fourth-order valence-corrected chi connectivity index (χ4v) is 3.44. The quantitative estimate of drug-likeness (QED) is 0.686. The van der Waals surface area contributed by atoms with Crippen molar-refractivity contribution in [1.82, 2.24) is 10.2 Å². The van der Waals surface area contributed by atoms with E-state index in [-0.39, 0.29) is 29.8 Å². The third-order valence-electron chi connectivity index (χ3n) is 3.27. The van der Waals surface area contributed by atoms with Crippen LogP contribution in [0.2, 0.25) is 0 Å². The van der Waals surface area contributed by atoms with Crippen molar-refractivity contribution in [2.45, 2.75) is 12.2 Å². The molecule has 3 rings (SSSR count). The van der Waals surface area contributed by atoms with Gasteiger partial charge in [-0.05, 0) is 17.7 Å². The highest BCUT2D eigenvalue weighted by molar-refractivity contribution is 7.90. The number of rotatable bonds is 7. The predicted molar refractivity (Wildman–Crippen MR) is 89.2 cm³/mol. The van der Waals surface area contributed by atoms with Crippen LogP contribution >= 0.6 is 0 Å². The van der Waals surface area contributed by atoms with Gasteiger partial charge >= 0.3 is 6.01 Å². The van der Waals surface area contributed by atoms with Crippen molar-refractivity contribution in [2.75, 3.05) is 11.1 Å². The fraction of sp³-hybridized carbons (Fsp3) is 0.188. The lowest BCUT2D eigenvalue weighted by Crippen LogP contribution is -2.18. The maximum absolute atomic E-state index is 12.1. The summed E-state index contributed by atoms with van der Waals surface area (Å²) in [4.78, 5) is 11.9. The van der Waals surface area contributed by atoms with Crippen molar-refractivity contribution >= 4 is 21.8 Å². The van der Waals surface area contributed by atoms with Gasteiger partial charge in [0, 0.05) is 6.42 Å². The molecule has 1 aromatic carbocycles. The summed E-state index contributed by atoms with van der Waals surface area (Å²) in [6.45, 7) is 0. The van der Waals surface area contributed by atoms with Crippen LogP contribution in [0.1, 0.15) is 12.0 Å². The second kappa shape index (κ2) is 7.31. The van der Waals surface area contributed by atoms with E-state index in [1.165, 1.54) is 6.26 Å². The number of nitrogens with zero attached hydrogens (tertiary/aromatic N) is 2. The lowest BCUT2D eigenvalue weighted by Gasteiger charge is -2.04. The summed E-state index contributed by atoms with van der Waals surface area (Å²) in [6.07, 6.45) is 1.25. The summed E-state index contributed by atoms with van der Waals surface area (Å²) in [6, 6.07) is 12.0.